The number of aliphatic carboxylic acids is 1. The highest BCUT2D eigenvalue weighted by molar-refractivity contribution is 7.87. The number of carbonyl (C=O) groups excluding carboxylic acids is 1. The number of carbonyl (C=O) groups is 2. The first-order valence-corrected chi connectivity index (χ1v) is 16.5. The number of carboxylic acid groups (broad SMARTS) is 1. The van der Waals surface area contributed by atoms with Gasteiger partial charge in [-0.05, 0) is 66.1 Å². The first-order valence-electron chi connectivity index (χ1n) is 15.1. The van der Waals surface area contributed by atoms with Gasteiger partial charge >= 0.3 is 5.97 Å². The third-order valence-electron chi connectivity index (χ3n) is 8.02. The van der Waals surface area contributed by atoms with Crippen LogP contribution in [0.3, 0.4) is 0 Å². The SMILES string of the molecule is COc1ccc(CN2CCOc3ccc(C#Cc4ccc(N5CCN(S(=O)(=O)N[C@@H](C(=O)O)C(C)C)CC5)cc4)cc3C2=O)cc1. The van der Waals surface area contributed by atoms with Crippen LogP contribution in [0.4, 0.5) is 5.69 Å². The van der Waals surface area contributed by atoms with Gasteiger partial charge in [0.1, 0.15) is 24.1 Å². The van der Waals surface area contributed by atoms with Gasteiger partial charge in [0.05, 0.1) is 19.2 Å². The molecule has 5 rings (SSSR count). The predicted molar refractivity (Wildman–Crippen MR) is 174 cm³/mol. The smallest absolute Gasteiger partial charge is 0.322 e. The van der Waals surface area contributed by atoms with Gasteiger partial charge in [-0.3, -0.25) is 9.59 Å². The molecule has 0 unspecified atom stereocenters. The zero-order valence-corrected chi connectivity index (χ0v) is 26.9. The Labute approximate surface area is 269 Å². The highest BCUT2D eigenvalue weighted by Gasteiger charge is 2.33. The molecule has 46 heavy (non-hydrogen) atoms. The van der Waals surface area contributed by atoms with Gasteiger partial charge in [-0.25, -0.2) is 0 Å². The fourth-order valence-corrected chi connectivity index (χ4v) is 6.82. The van der Waals surface area contributed by atoms with E-state index < -0.39 is 22.2 Å². The summed E-state index contributed by atoms with van der Waals surface area (Å²) in [5.74, 6) is 5.93. The van der Waals surface area contributed by atoms with Crippen LogP contribution >= 0.6 is 0 Å². The van der Waals surface area contributed by atoms with Gasteiger partial charge in [0, 0.05) is 49.5 Å². The molecule has 1 saturated heterocycles. The van der Waals surface area contributed by atoms with E-state index in [4.69, 9.17) is 9.47 Å². The summed E-state index contributed by atoms with van der Waals surface area (Å²) in [6, 6.07) is 19.6. The molecule has 0 saturated carbocycles. The molecule has 242 valence electrons. The van der Waals surface area contributed by atoms with Crippen LogP contribution in [0.1, 0.15) is 40.9 Å². The standard InChI is InChI=1S/C34H38N4O7S/c1-24(2)32(34(40)41)35-46(42,43)38-18-16-36(17-19-38)28-11-6-25(7-12-28)4-5-26-10-15-31-30(22-26)33(39)37(20-21-45-31)23-27-8-13-29(44-3)14-9-27/h6-15,22,24,32,35H,16-21,23H2,1-3H3,(H,40,41)/t32-/m1/s1. The Morgan fingerprint density at radius 2 is 1.61 bits per heavy atom. The summed E-state index contributed by atoms with van der Waals surface area (Å²) >= 11 is 0. The molecule has 3 aromatic carbocycles. The van der Waals surface area contributed by atoms with Crippen molar-refractivity contribution in [3.63, 3.8) is 0 Å². The van der Waals surface area contributed by atoms with Gasteiger partial charge in [0.2, 0.25) is 0 Å². The summed E-state index contributed by atoms with van der Waals surface area (Å²) in [7, 11) is -2.31. The highest BCUT2D eigenvalue weighted by atomic mass is 32.2. The molecule has 1 atom stereocenters. The van der Waals surface area contributed by atoms with Gasteiger partial charge in [-0.1, -0.05) is 37.8 Å². The second-order valence-electron chi connectivity index (χ2n) is 11.5. The van der Waals surface area contributed by atoms with Crippen molar-refractivity contribution in [2.75, 3.05) is 51.3 Å². The van der Waals surface area contributed by atoms with Gasteiger partial charge in [-0.15, -0.1) is 0 Å². The minimum absolute atomic E-state index is 0.110. The third kappa shape index (κ3) is 7.80. The lowest BCUT2D eigenvalue weighted by molar-refractivity contribution is -0.140. The van der Waals surface area contributed by atoms with Crippen molar-refractivity contribution in [2.45, 2.75) is 26.4 Å². The van der Waals surface area contributed by atoms with Crippen LogP contribution in [0, 0.1) is 17.8 Å². The molecule has 0 aromatic heterocycles. The minimum atomic E-state index is -3.93. The fourth-order valence-electron chi connectivity index (χ4n) is 5.33. The maximum absolute atomic E-state index is 13.5. The van der Waals surface area contributed by atoms with Crippen molar-refractivity contribution < 1.29 is 32.6 Å². The Morgan fingerprint density at radius 3 is 2.24 bits per heavy atom. The molecule has 0 bridgehead atoms. The van der Waals surface area contributed by atoms with E-state index in [1.165, 1.54) is 4.31 Å². The summed E-state index contributed by atoms with van der Waals surface area (Å²) in [6.07, 6.45) is 0. The molecule has 1 amide bonds. The number of amides is 1. The molecule has 2 heterocycles. The molecule has 0 spiro atoms. The topological polar surface area (TPSA) is 129 Å². The van der Waals surface area contributed by atoms with Crippen LogP contribution in [-0.4, -0.2) is 87.1 Å². The Balaban J connectivity index is 1.21. The minimum Gasteiger partial charge on any atom is -0.497 e. The highest BCUT2D eigenvalue weighted by Crippen LogP contribution is 2.26. The number of methoxy groups -OCH3 is 1. The number of piperazine rings is 1. The van der Waals surface area contributed by atoms with Crippen LogP contribution < -0.4 is 19.1 Å². The Morgan fingerprint density at radius 1 is 0.957 bits per heavy atom. The van der Waals surface area contributed by atoms with Crippen molar-refractivity contribution >= 4 is 27.8 Å². The Bertz CT molecular complexity index is 1720. The number of benzene rings is 3. The molecule has 2 N–H and O–H groups in total. The molecule has 2 aliphatic heterocycles. The lowest BCUT2D eigenvalue weighted by Gasteiger charge is -2.36. The Kier molecular flexibility index (Phi) is 10.2. The van der Waals surface area contributed by atoms with Crippen molar-refractivity contribution in [1.82, 2.24) is 13.9 Å². The molecule has 0 aliphatic carbocycles. The summed E-state index contributed by atoms with van der Waals surface area (Å²) in [5, 5.41) is 9.37. The molecule has 3 aromatic rings. The number of hydrogen-bond donors (Lipinski definition) is 2. The van der Waals surface area contributed by atoms with Crippen LogP contribution in [-0.2, 0) is 21.5 Å². The summed E-state index contributed by atoms with van der Waals surface area (Å²) in [6.45, 7) is 6.05. The molecular formula is C34H38N4O7S. The van der Waals surface area contributed by atoms with E-state index in [1.807, 2.05) is 54.6 Å². The quantitative estimate of drug-likeness (QED) is 0.340. The van der Waals surface area contributed by atoms with Crippen molar-refractivity contribution in [1.29, 1.82) is 0 Å². The normalized spacial score (nSPS) is 16.1. The summed E-state index contributed by atoms with van der Waals surface area (Å²) in [4.78, 5) is 28.8. The summed E-state index contributed by atoms with van der Waals surface area (Å²) in [5.41, 5.74) is 3.90. The maximum Gasteiger partial charge on any atom is 0.322 e. The van der Waals surface area contributed by atoms with Gasteiger partial charge < -0.3 is 24.4 Å². The molecular weight excluding hydrogens is 608 g/mol. The van der Waals surface area contributed by atoms with E-state index in [9.17, 15) is 23.1 Å². The lowest BCUT2D eigenvalue weighted by Crippen LogP contribution is -2.55. The fraction of sp³-hybridized carbons (Fsp3) is 0.353. The average molecular weight is 647 g/mol. The van der Waals surface area contributed by atoms with Crippen LogP contribution in [0.15, 0.2) is 66.7 Å². The molecule has 1 fully saturated rings. The van der Waals surface area contributed by atoms with E-state index in [0.29, 0.717) is 49.7 Å². The van der Waals surface area contributed by atoms with Gasteiger partial charge in [0.25, 0.3) is 16.1 Å². The number of carboxylic acids is 1. The van der Waals surface area contributed by atoms with E-state index in [1.54, 1.807) is 38.0 Å². The summed E-state index contributed by atoms with van der Waals surface area (Å²) < 4.78 is 40.3. The van der Waals surface area contributed by atoms with Crippen molar-refractivity contribution in [3.8, 4) is 23.3 Å². The van der Waals surface area contributed by atoms with E-state index in [-0.39, 0.29) is 24.9 Å². The molecule has 0 radical (unpaired) electrons. The molecule has 11 nitrogen and oxygen atoms in total. The second-order valence-corrected chi connectivity index (χ2v) is 13.2. The largest absolute Gasteiger partial charge is 0.497 e. The van der Waals surface area contributed by atoms with Crippen molar-refractivity contribution in [2.24, 2.45) is 5.92 Å². The zero-order chi connectivity index (χ0) is 32.8. The Hall–Kier alpha value is -4.57. The first-order chi connectivity index (χ1) is 22.0. The zero-order valence-electron chi connectivity index (χ0n) is 26.1. The van der Waals surface area contributed by atoms with Gasteiger partial charge in [-0.2, -0.15) is 17.4 Å². The van der Waals surface area contributed by atoms with Crippen LogP contribution in [0.2, 0.25) is 0 Å². The molecule has 2 aliphatic rings. The average Bonchev–Trinajstić information content (AvgIpc) is 3.21. The lowest BCUT2D eigenvalue weighted by atomic mass is 10.1. The van der Waals surface area contributed by atoms with Crippen molar-refractivity contribution in [3.05, 3.63) is 89.0 Å². The number of rotatable bonds is 9. The number of nitrogens with zero attached hydrogens (tertiary/aromatic N) is 3. The van der Waals surface area contributed by atoms with Crippen LogP contribution in [0.25, 0.3) is 0 Å². The number of nitrogens with one attached hydrogen (secondary N) is 1. The monoisotopic (exact) mass is 646 g/mol. The first kappa shape index (κ1) is 32.8. The number of ether oxygens (including phenoxy) is 2. The predicted octanol–water partition coefficient (Wildman–Crippen LogP) is 3.20. The van der Waals surface area contributed by atoms with E-state index in [0.717, 1.165) is 22.6 Å². The maximum atomic E-state index is 13.5. The number of hydrogen-bond acceptors (Lipinski definition) is 7. The van der Waals surface area contributed by atoms with E-state index >= 15 is 0 Å². The van der Waals surface area contributed by atoms with Gasteiger partial charge in [0.15, 0.2) is 0 Å². The second kappa shape index (κ2) is 14.2. The van der Waals surface area contributed by atoms with Crippen LogP contribution in [0.5, 0.6) is 11.5 Å². The van der Waals surface area contributed by atoms with E-state index in [2.05, 4.69) is 21.5 Å². The third-order valence-corrected chi connectivity index (χ3v) is 9.62. The number of fused-ring (bicyclic) bond motifs is 1. The molecule has 12 heteroatoms. The number of anilines is 1.